The third-order valence-corrected chi connectivity index (χ3v) is 2.87. The zero-order chi connectivity index (χ0) is 12.4. The maximum atomic E-state index is 9.89. The first kappa shape index (κ1) is 11.5. The van der Waals surface area contributed by atoms with Crippen LogP contribution in [-0.4, -0.2) is 10.2 Å². The predicted octanol–water partition coefficient (Wildman–Crippen LogP) is 3.89. The topological polar surface area (TPSA) is 40.5 Å². The smallest absolute Gasteiger partial charge is 0.127 e. The average molecular weight is 228 g/mol. The Hall–Kier alpha value is -1.96. The summed E-state index contributed by atoms with van der Waals surface area (Å²) in [6.07, 6.45) is 0. The SMILES string of the molecule is CC(C)c1ccccc1-c1c(O)cccc1O. The summed E-state index contributed by atoms with van der Waals surface area (Å²) in [5.74, 6) is 0.557. The molecule has 2 heteroatoms. The van der Waals surface area contributed by atoms with Crippen LogP contribution >= 0.6 is 0 Å². The van der Waals surface area contributed by atoms with E-state index in [0.717, 1.165) is 11.1 Å². The third-order valence-electron chi connectivity index (χ3n) is 2.87. The fourth-order valence-electron chi connectivity index (χ4n) is 2.03. The highest BCUT2D eigenvalue weighted by atomic mass is 16.3. The predicted molar refractivity (Wildman–Crippen MR) is 69.3 cm³/mol. The van der Waals surface area contributed by atoms with Gasteiger partial charge in [-0.05, 0) is 29.2 Å². The lowest BCUT2D eigenvalue weighted by atomic mass is 9.92. The molecule has 2 nitrogen and oxygen atoms in total. The van der Waals surface area contributed by atoms with Gasteiger partial charge in [-0.15, -0.1) is 0 Å². The van der Waals surface area contributed by atoms with Crippen LogP contribution in [0.15, 0.2) is 42.5 Å². The summed E-state index contributed by atoms with van der Waals surface area (Å²) in [5.41, 5.74) is 2.51. The van der Waals surface area contributed by atoms with Crippen molar-refractivity contribution < 1.29 is 10.2 Å². The van der Waals surface area contributed by atoms with E-state index in [1.165, 1.54) is 0 Å². The lowest BCUT2D eigenvalue weighted by Gasteiger charge is -2.14. The molecule has 0 bridgehead atoms. The molecule has 0 amide bonds. The van der Waals surface area contributed by atoms with Gasteiger partial charge in [-0.1, -0.05) is 44.2 Å². The van der Waals surface area contributed by atoms with Gasteiger partial charge in [0.2, 0.25) is 0 Å². The number of phenolic OH excluding ortho intramolecular Hbond substituents is 2. The summed E-state index contributed by atoms with van der Waals surface area (Å²) in [6.45, 7) is 4.19. The largest absolute Gasteiger partial charge is 0.507 e. The molecule has 2 aromatic carbocycles. The van der Waals surface area contributed by atoms with Crippen LogP contribution in [0.25, 0.3) is 11.1 Å². The van der Waals surface area contributed by atoms with E-state index in [1.807, 2.05) is 24.3 Å². The lowest BCUT2D eigenvalue weighted by Crippen LogP contribution is -1.92. The number of phenols is 2. The Bertz CT molecular complexity index is 510. The van der Waals surface area contributed by atoms with Gasteiger partial charge in [0.15, 0.2) is 0 Å². The van der Waals surface area contributed by atoms with E-state index in [2.05, 4.69) is 13.8 Å². The van der Waals surface area contributed by atoms with Crippen molar-refractivity contribution in [3.05, 3.63) is 48.0 Å². The van der Waals surface area contributed by atoms with Gasteiger partial charge in [-0.2, -0.15) is 0 Å². The molecule has 2 rings (SSSR count). The fraction of sp³-hybridized carbons (Fsp3) is 0.200. The molecule has 2 aromatic rings. The molecule has 0 saturated carbocycles. The second-order valence-corrected chi connectivity index (χ2v) is 4.41. The highest BCUT2D eigenvalue weighted by Gasteiger charge is 2.14. The lowest BCUT2D eigenvalue weighted by molar-refractivity contribution is 0.454. The van der Waals surface area contributed by atoms with E-state index in [-0.39, 0.29) is 11.5 Å². The summed E-state index contributed by atoms with van der Waals surface area (Å²) in [4.78, 5) is 0. The summed E-state index contributed by atoms with van der Waals surface area (Å²) in [5, 5.41) is 19.8. The van der Waals surface area contributed by atoms with Crippen molar-refractivity contribution >= 4 is 0 Å². The Morgan fingerprint density at radius 1 is 0.824 bits per heavy atom. The van der Waals surface area contributed by atoms with Gasteiger partial charge in [-0.3, -0.25) is 0 Å². The average Bonchev–Trinajstić information content (AvgIpc) is 2.29. The molecule has 0 saturated heterocycles. The normalized spacial score (nSPS) is 10.8. The molecule has 2 N–H and O–H groups in total. The van der Waals surface area contributed by atoms with Gasteiger partial charge in [0.25, 0.3) is 0 Å². The van der Waals surface area contributed by atoms with Gasteiger partial charge < -0.3 is 10.2 Å². The van der Waals surface area contributed by atoms with Crippen molar-refractivity contribution in [2.45, 2.75) is 19.8 Å². The number of hydrogen-bond donors (Lipinski definition) is 2. The second kappa shape index (κ2) is 4.50. The van der Waals surface area contributed by atoms with Crippen LogP contribution in [0.2, 0.25) is 0 Å². The van der Waals surface area contributed by atoms with E-state index in [1.54, 1.807) is 18.2 Å². The van der Waals surface area contributed by atoms with Crippen LogP contribution in [0.5, 0.6) is 11.5 Å². The first-order chi connectivity index (χ1) is 8.11. The zero-order valence-electron chi connectivity index (χ0n) is 10.0. The maximum absolute atomic E-state index is 9.89. The summed E-state index contributed by atoms with van der Waals surface area (Å²) < 4.78 is 0. The molecule has 0 aliphatic carbocycles. The zero-order valence-corrected chi connectivity index (χ0v) is 10.0. The van der Waals surface area contributed by atoms with Crippen LogP contribution in [0, 0.1) is 0 Å². The van der Waals surface area contributed by atoms with E-state index >= 15 is 0 Å². The van der Waals surface area contributed by atoms with E-state index in [9.17, 15) is 10.2 Å². The van der Waals surface area contributed by atoms with Crippen LogP contribution in [0.4, 0.5) is 0 Å². The molecule has 0 unspecified atom stereocenters. The van der Waals surface area contributed by atoms with Crippen LogP contribution in [-0.2, 0) is 0 Å². The van der Waals surface area contributed by atoms with E-state index in [0.29, 0.717) is 11.5 Å². The van der Waals surface area contributed by atoms with Crippen molar-refractivity contribution in [2.75, 3.05) is 0 Å². The van der Waals surface area contributed by atoms with Gasteiger partial charge in [0, 0.05) is 0 Å². The molecular formula is C15H16O2. The first-order valence-electron chi connectivity index (χ1n) is 5.71. The van der Waals surface area contributed by atoms with Gasteiger partial charge in [0.05, 0.1) is 5.56 Å². The minimum Gasteiger partial charge on any atom is -0.507 e. The Morgan fingerprint density at radius 2 is 1.41 bits per heavy atom. The first-order valence-corrected chi connectivity index (χ1v) is 5.71. The van der Waals surface area contributed by atoms with Crippen molar-refractivity contribution in [2.24, 2.45) is 0 Å². The maximum Gasteiger partial charge on any atom is 0.127 e. The molecule has 0 radical (unpaired) electrons. The Morgan fingerprint density at radius 3 is 2.00 bits per heavy atom. The summed E-state index contributed by atoms with van der Waals surface area (Å²) in [6, 6.07) is 12.6. The third kappa shape index (κ3) is 2.11. The van der Waals surface area contributed by atoms with Crippen LogP contribution in [0.3, 0.4) is 0 Å². The molecule has 17 heavy (non-hydrogen) atoms. The molecule has 88 valence electrons. The minimum absolute atomic E-state index is 0.109. The number of aromatic hydroxyl groups is 2. The second-order valence-electron chi connectivity index (χ2n) is 4.41. The van der Waals surface area contributed by atoms with Crippen molar-refractivity contribution in [3.63, 3.8) is 0 Å². The molecule has 0 fully saturated rings. The monoisotopic (exact) mass is 228 g/mol. The number of benzene rings is 2. The number of rotatable bonds is 2. The number of hydrogen-bond acceptors (Lipinski definition) is 2. The standard InChI is InChI=1S/C15H16O2/c1-10(2)11-6-3-4-7-12(11)15-13(16)8-5-9-14(15)17/h3-10,16-17H,1-2H3. The quantitative estimate of drug-likeness (QED) is 0.818. The van der Waals surface area contributed by atoms with Gasteiger partial charge in [-0.25, -0.2) is 0 Å². The molecule has 0 aliphatic rings. The minimum atomic E-state index is 0.109. The highest BCUT2D eigenvalue weighted by molar-refractivity contribution is 5.78. The molecule has 0 aromatic heterocycles. The Kier molecular flexibility index (Phi) is 3.05. The Labute approximate surface area is 101 Å². The van der Waals surface area contributed by atoms with E-state index in [4.69, 9.17) is 0 Å². The summed E-state index contributed by atoms with van der Waals surface area (Å²) >= 11 is 0. The molecule has 0 atom stereocenters. The molecule has 0 heterocycles. The molecule has 0 aliphatic heterocycles. The van der Waals surface area contributed by atoms with Crippen molar-refractivity contribution in [3.8, 4) is 22.6 Å². The van der Waals surface area contributed by atoms with Gasteiger partial charge >= 0.3 is 0 Å². The Balaban J connectivity index is 2.69. The van der Waals surface area contributed by atoms with Gasteiger partial charge in [0.1, 0.15) is 11.5 Å². The van der Waals surface area contributed by atoms with Crippen molar-refractivity contribution in [1.29, 1.82) is 0 Å². The molecular weight excluding hydrogens is 212 g/mol. The molecule has 0 spiro atoms. The van der Waals surface area contributed by atoms with Crippen LogP contribution < -0.4 is 0 Å². The fourth-order valence-corrected chi connectivity index (χ4v) is 2.03. The van der Waals surface area contributed by atoms with Crippen molar-refractivity contribution in [1.82, 2.24) is 0 Å². The summed E-state index contributed by atoms with van der Waals surface area (Å²) in [7, 11) is 0. The van der Waals surface area contributed by atoms with Crippen LogP contribution in [0.1, 0.15) is 25.3 Å². The van der Waals surface area contributed by atoms with E-state index < -0.39 is 0 Å². The highest BCUT2D eigenvalue weighted by Crippen LogP contribution is 2.40.